The molecule has 34 heavy (non-hydrogen) atoms. The van der Waals surface area contributed by atoms with Crippen molar-refractivity contribution >= 4 is 34.5 Å². The second kappa shape index (κ2) is 10.6. The molecule has 1 amide bonds. The number of thioether (sulfide) groups is 1. The molecule has 0 unspecified atom stereocenters. The van der Waals surface area contributed by atoms with Gasteiger partial charge in [-0.3, -0.25) is 14.7 Å². The zero-order valence-corrected chi connectivity index (χ0v) is 19.9. The van der Waals surface area contributed by atoms with Gasteiger partial charge in [0.15, 0.2) is 0 Å². The molecule has 2 aliphatic heterocycles. The van der Waals surface area contributed by atoms with Gasteiger partial charge in [-0.2, -0.15) is 0 Å². The van der Waals surface area contributed by atoms with Crippen LogP contribution in [0.5, 0.6) is 5.88 Å². The standard InChI is InChI=1S/C24H28N6O3S/c1-32-22-5-3-19-23(29-22)16(6-8-26-19)7-9-30-10-11-33-18(14-30)13-25-12-17-2-4-20-24(27-17)28-21(31)15-34-20/h2-6,8,18,25H,7,9-15H2,1H3,(H,27,28,31)/t18-/m0/s1. The Hall–Kier alpha value is -2.79. The number of hydrogen-bond donors (Lipinski definition) is 2. The summed E-state index contributed by atoms with van der Waals surface area (Å²) in [5, 5.41) is 6.30. The van der Waals surface area contributed by atoms with E-state index in [0.717, 1.165) is 60.8 Å². The van der Waals surface area contributed by atoms with E-state index >= 15 is 0 Å². The molecular formula is C24H28N6O3S. The first-order chi connectivity index (χ1) is 16.7. The first-order valence-electron chi connectivity index (χ1n) is 11.4. The van der Waals surface area contributed by atoms with E-state index < -0.39 is 0 Å². The van der Waals surface area contributed by atoms with E-state index in [2.05, 4.69) is 30.5 Å². The van der Waals surface area contributed by atoms with Crippen LogP contribution < -0.4 is 15.4 Å². The van der Waals surface area contributed by atoms with Crippen molar-refractivity contribution in [1.29, 1.82) is 0 Å². The third-order valence-electron chi connectivity index (χ3n) is 5.98. The summed E-state index contributed by atoms with van der Waals surface area (Å²) in [6.45, 7) is 4.81. The summed E-state index contributed by atoms with van der Waals surface area (Å²) in [5.74, 6) is 1.72. The number of methoxy groups -OCH3 is 1. The van der Waals surface area contributed by atoms with Gasteiger partial charge in [0.25, 0.3) is 0 Å². The van der Waals surface area contributed by atoms with Crippen molar-refractivity contribution in [2.75, 3.05) is 51.0 Å². The largest absolute Gasteiger partial charge is 0.481 e. The maximum Gasteiger partial charge on any atom is 0.235 e. The summed E-state index contributed by atoms with van der Waals surface area (Å²) in [6.07, 6.45) is 2.85. The van der Waals surface area contributed by atoms with Crippen molar-refractivity contribution in [3.8, 4) is 5.88 Å². The van der Waals surface area contributed by atoms with E-state index in [1.54, 1.807) is 7.11 Å². The molecule has 0 aliphatic carbocycles. The van der Waals surface area contributed by atoms with Crippen LogP contribution >= 0.6 is 11.8 Å². The smallest absolute Gasteiger partial charge is 0.235 e. The number of carbonyl (C=O) groups is 1. The molecule has 1 fully saturated rings. The quantitative estimate of drug-likeness (QED) is 0.502. The number of carbonyl (C=O) groups excluding carboxylic acids is 1. The Balaban J connectivity index is 1.12. The van der Waals surface area contributed by atoms with E-state index in [0.29, 0.717) is 24.0 Å². The summed E-state index contributed by atoms with van der Waals surface area (Å²) in [7, 11) is 1.63. The SMILES string of the molecule is COc1ccc2nccc(CCN3CCO[C@@H](CNCc4ccc5c(n4)NC(=O)CS5)C3)c2n1. The molecule has 2 N–H and O–H groups in total. The van der Waals surface area contributed by atoms with Gasteiger partial charge in [-0.15, -0.1) is 11.8 Å². The lowest BCUT2D eigenvalue weighted by Crippen LogP contribution is -2.47. The first kappa shape index (κ1) is 23.0. The molecule has 1 atom stereocenters. The number of nitrogens with zero attached hydrogens (tertiary/aromatic N) is 4. The lowest BCUT2D eigenvalue weighted by molar-refractivity contribution is -0.113. The fourth-order valence-electron chi connectivity index (χ4n) is 4.23. The van der Waals surface area contributed by atoms with E-state index in [4.69, 9.17) is 9.47 Å². The second-order valence-electron chi connectivity index (χ2n) is 8.35. The summed E-state index contributed by atoms with van der Waals surface area (Å²) in [4.78, 5) is 28.7. The third-order valence-corrected chi connectivity index (χ3v) is 7.03. The highest BCUT2D eigenvalue weighted by atomic mass is 32.2. The summed E-state index contributed by atoms with van der Waals surface area (Å²) in [5.41, 5.74) is 3.87. The fraction of sp³-hybridized carbons (Fsp3) is 0.417. The summed E-state index contributed by atoms with van der Waals surface area (Å²) >= 11 is 1.52. The molecule has 0 spiro atoms. The average Bonchev–Trinajstić information content (AvgIpc) is 2.87. The van der Waals surface area contributed by atoms with Crippen LogP contribution in [0.25, 0.3) is 11.0 Å². The predicted octanol–water partition coefficient (Wildman–Crippen LogP) is 2.11. The molecule has 0 radical (unpaired) electrons. The van der Waals surface area contributed by atoms with Crippen LogP contribution in [0.15, 0.2) is 41.4 Å². The number of rotatable bonds is 8. The zero-order chi connectivity index (χ0) is 23.3. The van der Waals surface area contributed by atoms with Gasteiger partial charge in [-0.25, -0.2) is 9.97 Å². The maximum atomic E-state index is 11.6. The molecule has 10 heteroatoms. The molecule has 3 aromatic rings. The molecule has 0 aromatic carbocycles. The Morgan fingerprint density at radius 3 is 3.12 bits per heavy atom. The molecule has 9 nitrogen and oxygen atoms in total. The van der Waals surface area contributed by atoms with Gasteiger partial charge in [0.05, 0.1) is 47.2 Å². The van der Waals surface area contributed by atoms with Crippen molar-refractivity contribution in [2.45, 2.75) is 24.0 Å². The number of hydrogen-bond acceptors (Lipinski definition) is 9. The van der Waals surface area contributed by atoms with Crippen molar-refractivity contribution < 1.29 is 14.3 Å². The van der Waals surface area contributed by atoms with Gasteiger partial charge in [0.2, 0.25) is 11.8 Å². The number of nitrogens with one attached hydrogen (secondary N) is 2. The second-order valence-corrected chi connectivity index (χ2v) is 9.37. The Morgan fingerprint density at radius 2 is 2.21 bits per heavy atom. The maximum absolute atomic E-state index is 11.6. The lowest BCUT2D eigenvalue weighted by Gasteiger charge is -2.33. The van der Waals surface area contributed by atoms with Crippen LogP contribution in [-0.2, 0) is 22.5 Å². The number of pyridine rings is 3. The van der Waals surface area contributed by atoms with Crippen molar-refractivity contribution in [1.82, 2.24) is 25.2 Å². The molecule has 5 heterocycles. The molecule has 0 saturated carbocycles. The molecule has 1 saturated heterocycles. The Bertz CT molecular complexity index is 1180. The number of anilines is 1. The van der Waals surface area contributed by atoms with Crippen LogP contribution in [0, 0.1) is 0 Å². The monoisotopic (exact) mass is 480 g/mol. The normalized spacial score (nSPS) is 18.5. The third kappa shape index (κ3) is 5.47. The first-order valence-corrected chi connectivity index (χ1v) is 12.4. The van der Waals surface area contributed by atoms with Crippen molar-refractivity contribution in [3.05, 3.63) is 47.8 Å². The van der Waals surface area contributed by atoms with Crippen molar-refractivity contribution in [3.63, 3.8) is 0 Å². The molecule has 2 aliphatic rings. The summed E-state index contributed by atoms with van der Waals surface area (Å²) < 4.78 is 11.3. The minimum absolute atomic E-state index is 0.000452. The van der Waals surface area contributed by atoms with Crippen LogP contribution in [-0.4, -0.2) is 77.5 Å². The van der Waals surface area contributed by atoms with Gasteiger partial charge in [-0.1, -0.05) is 0 Å². The highest BCUT2D eigenvalue weighted by Gasteiger charge is 2.21. The van der Waals surface area contributed by atoms with Gasteiger partial charge >= 0.3 is 0 Å². The predicted molar refractivity (Wildman–Crippen MR) is 131 cm³/mol. The van der Waals surface area contributed by atoms with Crippen molar-refractivity contribution in [2.24, 2.45) is 0 Å². The van der Waals surface area contributed by atoms with E-state index in [1.165, 1.54) is 17.3 Å². The van der Waals surface area contributed by atoms with Gasteiger partial charge in [0, 0.05) is 45.0 Å². The molecule has 0 bridgehead atoms. The van der Waals surface area contributed by atoms with Crippen LogP contribution in [0.4, 0.5) is 5.82 Å². The van der Waals surface area contributed by atoms with Gasteiger partial charge in [0.1, 0.15) is 5.82 Å². The Morgan fingerprint density at radius 1 is 1.26 bits per heavy atom. The van der Waals surface area contributed by atoms with Crippen LogP contribution in [0.1, 0.15) is 11.3 Å². The van der Waals surface area contributed by atoms with E-state index in [-0.39, 0.29) is 12.0 Å². The minimum atomic E-state index is 0.000452. The number of aromatic nitrogens is 3. The summed E-state index contributed by atoms with van der Waals surface area (Å²) in [6, 6.07) is 9.86. The zero-order valence-electron chi connectivity index (χ0n) is 19.1. The molecule has 5 rings (SSSR count). The Labute approximate surface area is 202 Å². The molecular weight excluding hydrogens is 452 g/mol. The van der Waals surface area contributed by atoms with E-state index in [1.807, 2.05) is 36.5 Å². The Kier molecular flexibility index (Phi) is 7.19. The minimum Gasteiger partial charge on any atom is -0.481 e. The average molecular weight is 481 g/mol. The highest BCUT2D eigenvalue weighted by molar-refractivity contribution is 8.00. The molecule has 178 valence electrons. The van der Waals surface area contributed by atoms with Crippen LogP contribution in [0.2, 0.25) is 0 Å². The van der Waals surface area contributed by atoms with Crippen LogP contribution in [0.3, 0.4) is 0 Å². The number of ether oxygens (including phenoxy) is 2. The highest BCUT2D eigenvalue weighted by Crippen LogP contribution is 2.29. The van der Waals surface area contributed by atoms with Gasteiger partial charge < -0.3 is 20.1 Å². The topological polar surface area (TPSA) is 102 Å². The lowest BCUT2D eigenvalue weighted by atomic mass is 10.1. The number of fused-ring (bicyclic) bond motifs is 2. The number of morpholine rings is 1. The fourth-order valence-corrected chi connectivity index (χ4v) is 4.98. The van der Waals surface area contributed by atoms with Gasteiger partial charge in [-0.05, 0) is 36.2 Å². The number of amides is 1. The molecule has 3 aromatic heterocycles. The van der Waals surface area contributed by atoms with E-state index in [9.17, 15) is 4.79 Å².